The molecule has 0 unspecified atom stereocenters. The predicted octanol–water partition coefficient (Wildman–Crippen LogP) is 5.76. The molecule has 0 radical (unpaired) electrons. The van der Waals surface area contributed by atoms with Gasteiger partial charge in [0.1, 0.15) is 16.6 Å². The summed E-state index contributed by atoms with van der Waals surface area (Å²) in [4.78, 5) is 28.8. The smallest absolute Gasteiger partial charge is 0.410 e. The van der Waals surface area contributed by atoms with E-state index in [1.165, 1.54) is 31.5 Å². The summed E-state index contributed by atoms with van der Waals surface area (Å²) in [5.41, 5.74) is 2.91. The van der Waals surface area contributed by atoms with Gasteiger partial charge in [-0.1, -0.05) is 35.9 Å². The van der Waals surface area contributed by atoms with Crippen molar-refractivity contribution in [1.29, 1.82) is 0 Å². The fraction of sp³-hybridized carbons (Fsp3) is 0.621. The first-order valence-corrected chi connectivity index (χ1v) is 14.3. The van der Waals surface area contributed by atoms with Crippen LogP contribution in [-0.2, 0) is 11.2 Å². The number of amides is 1. The molecule has 3 aliphatic rings. The second-order valence-electron chi connectivity index (χ2n) is 11.6. The quantitative estimate of drug-likeness (QED) is 0.447. The summed E-state index contributed by atoms with van der Waals surface area (Å²) < 4.78 is 5.53. The Balaban J connectivity index is 1.21. The molecule has 2 fully saturated rings. The van der Waals surface area contributed by atoms with E-state index < -0.39 is 5.60 Å². The van der Waals surface area contributed by atoms with Crippen molar-refractivity contribution >= 4 is 23.5 Å². The number of anilines is 1. The van der Waals surface area contributed by atoms with Gasteiger partial charge in [0.05, 0.1) is 0 Å². The number of likely N-dealkylation sites (tertiary alicyclic amines) is 2. The number of ether oxygens (including phenoxy) is 1. The summed E-state index contributed by atoms with van der Waals surface area (Å²) in [5.74, 6) is 2.14. The van der Waals surface area contributed by atoms with E-state index in [1.54, 1.807) is 0 Å². The molecule has 0 bridgehead atoms. The van der Waals surface area contributed by atoms with Crippen molar-refractivity contribution in [3.63, 3.8) is 0 Å². The van der Waals surface area contributed by atoms with Gasteiger partial charge < -0.3 is 19.4 Å². The van der Waals surface area contributed by atoms with Gasteiger partial charge in [0.25, 0.3) is 0 Å². The van der Waals surface area contributed by atoms with Crippen LogP contribution in [0.3, 0.4) is 0 Å². The Morgan fingerprint density at radius 2 is 1.70 bits per heavy atom. The third-order valence-corrected chi connectivity index (χ3v) is 8.07. The Labute approximate surface area is 226 Å². The maximum Gasteiger partial charge on any atom is 0.410 e. The Kier molecular flexibility index (Phi) is 7.91. The maximum atomic E-state index is 12.4. The average Bonchev–Trinajstić information content (AvgIpc) is 3.54. The van der Waals surface area contributed by atoms with Gasteiger partial charge in [0.15, 0.2) is 5.82 Å². The number of piperidine rings is 1. The fourth-order valence-electron chi connectivity index (χ4n) is 5.74. The minimum Gasteiger partial charge on any atom is -0.444 e. The van der Waals surface area contributed by atoms with Crippen LogP contribution in [-0.4, -0.2) is 77.3 Å². The third kappa shape index (κ3) is 6.37. The number of carbonyl (C=O) groups is 1. The molecule has 1 aromatic heterocycles. The number of nitrogens with zero attached hydrogens (tertiary/aromatic N) is 5. The van der Waals surface area contributed by atoms with Crippen molar-refractivity contribution in [3.8, 4) is 11.4 Å². The van der Waals surface area contributed by atoms with Gasteiger partial charge in [-0.15, -0.1) is 0 Å². The van der Waals surface area contributed by atoms with Crippen LogP contribution in [0.4, 0.5) is 10.6 Å². The molecule has 8 heteroatoms. The molecule has 7 nitrogen and oxygen atoms in total. The lowest BCUT2D eigenvalue weighted by molar-refractivity contribution is 0.0205. The number of fused-ring (bicyclic) bond motifs is 1. The Morgan fingerprint density at radius 1 is 1.00 bits per heavy atom. The molecule has 3 aliphatic heterocycles. The van der Waals surface area contributed by atoms with Gasteiger partial charge in [0, 0.05) is 37.3 Å². The zero-order valence-corrected chi connectivity index (χ0v) is 23.3. The molecular weight excluding hydrogens is 486 g/mol. The van der Waals surface area contributed by atoms with Crippen LogP contribution >= 0.6 is 11.6 Å². The first kappa shape index (κ1) is 26.2. The number of rotatable bonds is 6. The molecule has 0 aliphatic carbocycles. The molecule has 1 amide bonds. The normalized spacial score (nSPS) is 18.9. The molecule has 1 aromatic carbocycles. The largest absolute Gasteiger partial charge is 0.444 e. The lowest BCUT2D eigenvalue weighted by atomic mass is 9.89. The monoisotopic (exact) mass is 525 g/mol. The van der Waals surface area contributed by atoms with E-state index in [0.29, 0.717) is 16.9 Å². The second kappa shape index (κ2) is 11.2. The summed E-state index contributed by atoms with van der Waals surface area (Å²) in [6.45, 7) is 12.8. The SMILES string of the molecule is CC(C)(C)OC(=O)N1CCC(c2ccc(-c3nc(Cl)c4c(n3)N(CCCN3CCCC3)CC4)cc2)CC1. The molecule has 0 atom stereocenters. The van der Waals surface area contributed by atoms with E-state index in [-0.39, 0.29) is 6.09 Å². The molecule has 0 N–H and O–H groups in total. The minimum atomic E-state index is -0.461. The predicted molar refractivity (Wildman–Crippen MR) is 148 cm³/mol. The van der Waals surface area contributed by atoms with Gasteiger partial charge in [-0.2, -0.15) is 0 Å². The van der Waals surface area contributed by atoms with E-state index in [0.717, 1.165) is 75.4 Å². The van der Waals surface area contributed by atoms with E-state index in [1.807, 2.05) is 25.7 Å². The Morgan fingerprint density at radius 3 is 2.38 bits per heavy atom. The summed E-state index contributed by atoms with van der Waals surface area (Å²) >= 11 is 6.63. The number of hydrogen-bond acceptors (Lipinski definition) is 6. The first-order chi connectivity index (χ1) is 17.8. The molecule has 0 saturated carbocycles. The van der Waals surface area contributed by atoms with E-state index in [9.17, 15) is 4.79 Å². The van der Waals surface area contributed by atoms with E-state index in [2.05, 4.69) is 39.0 Å². The summed E-state index contributed by atoms with van der Waals surface area (Å²) in [7, 11) is 0. The third-order valence-electron chi connectivity index (χ3n) is 7.75. The average molecular weight is 526 g/mol. The highest BCUT2D eigenvalue weighted by Crippen LogP contribution is 2.34. The summed E-state index contributed by atoms with van der Waals surface area (Å²) in [6, 6.07) is 8.59. The zero-order valence-electron chi connectivity index (χ0n) is 22.5. The van der Waals surface area contributed by atoms with Crippen molar-refractivity contribution < 1.29 is 9.53 Å². The molecule has 200 valence electrons. The highest BCUT2D eigenvalue weighted by Gasteiger charge is 2.28. The zero-order chi connectivity index (χ0) is 26.0. The highest BCUT2D eigenvalue weighted by molar-refractivity contribution is 6.30. The van der Waals surface area contributed by atoms with Crippen LogP contribution < -0.4 is 4.90 Å². The lowest BCUT2D eigenvalue weighted by Crippen LogP contribution is -2.41. The lowest BCUT2D eigenvalue weighted by Gasteiger charge is -2.33. The topological polar surface area (TPSA) is 61.8 Å². The van der Waals surface area contributed by atoms with Crippen LogP contribution in [0.25, 0.3) is 11.4 Å². The van der Waals surface area contributed by atoms with E-state index >= 15 is 0 Å². The molecular formula is C29H40ClN5O2. The number of carbonyl (C=O) groups excluding carboxylic acids is 1. The molecule has 2 aromatic rings. The number of halogens is 1. The first-order valence-electron chi connectivity index (χ1n) is 13.9. The van der Waals surface area contributed by atoms with Crippen LogP contribution in [0, 0.1) is 0 Å². The molecule has 4 heterocycles. The van der Waals surface area contributed by atoms with Crippen molar-refractivity contribution in [1.82, 2.24) is 19.8 Å². The molecule has 0 spiro atoms. The number of benzene rings is 1. The van der Waals surface area contributed by atoms with Crippen LogP contribution in [0.15, 0.2) is 24.3 Å². The molecule has 5 rings (SSSR count). The Hall–Kier alpha value is -2.38. The highest BCUT2D eigenvalue weighted by atomic mass is 35.5. The van der Waals surface area contributed by atoms with Gasteiger partial charge in [0.2, 0.25) is 0 Å². The second-order valence-corrected chi connectivity index (χ2v) is 12.0. The van der Waals surface area contributed by atoms with Crippen LogP contribution in [0.2, 0.25) is 5.15 Å². The van der Waals surface area contributed by atoms with Gasteiger partial charge in [-0.05, 0) is 90.4 Å². The van der Waals surface area contributed by atoms with Crippen molar-refractivity contribution in [2.24, 2.45) is 0 Å². The van der Waals surface area contributed by atoms with Crippen molar-refractivity contribution in [3.05, 3.63) is 40.5 Å². The van der Waals surface area contributed by atoms with Gasteiger partial charge in [-0.3, -0.25) is 0 Å². The van der Waals surface area contributed by atoms with Gasteiger partial charge in [-0.25, -0.2) is 14.8 Å². The van der Waals surface area contributed by atoms with Gasteiger partial charge >= 0.3 is 6.09 Å². The minimum absolute atomic E-state index is 0.211. The maximum absolute atomic E-state index is 12.4. The standard InChI is InChI=1S/C29H40ClN5O2/c1-29(2,3)37-28(36)35-18-11-22(12-19-35)21-7-9-23(10-8-21)26-31-25(30)24-13-20-34(27(24)32-26)17-6-16-33-14-4-5-15-33/h7-10,22H,4-6,11-20H2,1-3H3. The van der Waals surface area contributed by atoms with Crippen LogP contribution in [0.1, 0.15) is 69.9 Å². The fourth-order valence-corrected chi connectivity index (χ4v) is 6.00. The Bertz CT molecular complexity index is 1090. The number of aromatic nitrogens is 2. The van der Waals surface area contributed by atoms with E-state index in [4.69, 9.17) is 21.3 Å². The number of hydrogen-bond donors (Lipinski definition) is 0. The summed E-state index contributed by atoms with van der Waals surface area (Å²) in [5, 5.41) is 0.584. The molecule has 2 saturated heterocycles. The van der Waals surface area contributed by atoms with Crippen LogP contribution in [0.5, 0.6) is 0 Å². The molecule has 37 heavy (non-hydrogen) atoms. The van der Waals surface area contributed by atoms with Crippen molar-refractivity contribution in [2.45, 2.75) is 70.8 Å². The summed E-state index contributed by atoms with van der Waals surface area (Å²) in [6.07, 6.45) is 6.40. The van der Waals surface area contributed by atoms with Crippen molar-refractivity contribution in [2.75, 3.05) is 50.7 Å².